The first-order valence-corrected chi connectivity index (χ1v) is 13.0. The van der Waals surface area contributed by atoms with E-state index < -0.39 is 5.97 Å². The summed E-state index contributed by atoms with van der Waals surface area (Å²) in [6, 6.07) is 19.4. The van der Waals surface area contributed by atoms with Crippen molar-refractivity contribution in [3.05, 3.63) is 101 Å². The molecule has 0 fully saturated rings. The van der Waals surface area contributed by atoms with Crippen LogP contribution in [-0.2, 0) is 32.6 Å². The summed E-state index contributed by atoms with van der Waals surface area (Å²) in [5.74, 6) is -1.21. The van der Waals surface area contributed by atoms with Crippen LogP contribution in [0, 0.1) is 0 Å². The van der Waals surface area contributed by atoms with Gasteiger partial charge < -0.3 is 20.5 Å². The van der Waals surface area contributed by atoms with Gasteiger partial charge >= 0.3 is 5.97 Å². The largest absolute Gasteiger partial charge is 0.478 e. The van der Waals surface area contributed by atoms with Crippen LogP contribution in [0.4, 0.5) is 0 Å². The molecule has 0 saturated carbocycles. The number of para-hydroxylation sites is 1. The SMILES string of the molecule is O=C(NCc1cccc2ccccc12)c1nn(CCO)c2c1CN(Cc1c[nH]c3c(C(=O)O)cccc13)CC2. The molecular weight excluding hydrogens is 494 g/mol. The van der Waals surface area contributed by atoms with Crippen LogP contribution in [0.15, 0.2) is 66.9 Å². The smallest absolute Gasteiger partial charge is 0.337 e. The van der Waals surface area contributed by atoms with Crippen LogP contribution in [0.5, 0.6) is 0 Å². The van der Waals surface area contributed by atoms with E-state index in [0.29, 0.717) is 43.8 Å². The average Bonchev–Trinajstić information content (AvgIpc) is 3.53. The molecule has 2 aromatic heterocycles. The number of aliphatic hydroxyl groups excluding tert-OH is 1. The lowest BCUT2D eigenvalue weighted by Gasteiger charge is -2.27. The molecule has 1 aliphatic rings. The lowest BCUT2D eigenvalue weighted by Crippen LogP contribution is -2.32. The highest BCUT2D eigenvalue weighted by molar-refractivity contribution is 6.03. The number of H-pyrrole nitrogens is 1. The van der Waals surface area contributed by atoms with Crippen molar-refractivity contribution in [2.45, 2.75) is 32.6 Å². The van der Waals surface area contributed by atoms with Crippen molar-refractivity contribution >= 4 is 33.6 Å². The van der Waals surface area contributed by atoms with Crippen LogP contribution >= 0.6 is 0 Å². The zero-order chi connectivity index (χ0) is 26.9. The predicted octanol–water partition coefficient (Wildman–Crippen LogP) is 3.70. The number of hydrogen-bond donors (Lipinski definition) is 4. The van der Waals surface area contributed by atoms with E-state index in [1.807, 2.05) is 36.5 Å². The number of nitrogens with one attached hydrogen (secondary N) is 2. The molecule has 198 valence electrons. The number of carboxylic acid groups (broad SMARTS) is 1. The molecule has 9 heteroatoms. The van der Waals surface area contributed by atoms with Gasteiger partial charge in [0, 0.05) is 55.4 Å². The van der Waals surface area contributed by atoms with Gasteiger partial charge in [-0.25, -0.2) is 4.79 Å². The quantitative estimate of drug-likeness (QED) is 0.246. The minimum absolute atomic E-state index is 0.0594. The van der Waals surface area contributed by atoms with Gasteiger partial charge in [0.15, 0.2) is 5.69 Å². The Labute approximate surface area is 224 Å². The molecule has 6 rings (SSSR count). The Morgan fingerprint density at radius 3 is 2.64 bits per heavy atom. The van der Waals surface area contributed by atoms with Gasteiger partial charge in [-0.2, -0.15) is 5.10 Å². The summed E-state index contributed by atoms with van der Waals surface area (Å²) < 4.78 is 1.75. The van der Waals surface area contributed by atoms with Crippen LogP contribution < -0.4 is 5.32 Å². The first-order valence-electron chi connectivity index (χ1n) is 13.0. The minimum atomic E-state index is -0.966. The van der Waals surface area contributed by atoms with Crippen LogP contribution in [0.25, 0.3) is 21.7 Å². The Morgan fingerprint density at radius 2 is 1.79 bits per heavy atom. The number of carboxylic acids is 1. The highest BCUT2D eigenvalue weighted by Crippen LogP contribution is 2.28. The van der Waals surface area contributed by atoms with E-state index in [2.05, 4.69) is 38.5 Å². The van der Waals surface area contributed by atoms with E-state index >= 15 is 0 Å². The summed E-state index contributed by atoms with van der Waals surface area (Å²) in [6.45, 7) is 2.54. The summed E-state index contributed by atoms with van der Waals surface area (Å²) in [4.78, 5) is 30.4. The van der Waals surface area contributed by atoms with E-state index in [9.17, 15) is 19.8 Å². The molecular formula is C30H29N5O4. The summed E-state index contributed by atoms with van der Waals surface area (Å²) >= 11 is 0. The van der Waals surface area contributed by atoms with Gasteiger partial charge in [-0.1, -0.05) is 54.6 Å². The maximum absolute atomic E-state index is 13.4. The Hall–Kier alpha value is -4.47. The molecule has 0 saturated heterocycles. The number of aliphatic hydroxyl groups is 1. The van der Waals surface area contributed by atoms with Gasteiger partial charge in [0.2, 0.25) is 0 Å². The predicted molar refractivity (Wildman–Crippen MR) is 148 cm³/mol. The molecule has 1 amide bonds. The van der Waals surface area contributed by atoms with Crippen molar-refractivity contribution in [2.75, 3.05) is 13.2 Å². The number of hydrogen-bond acceptors (Lipinski definition) is 5. The van der Waals surface area contributed by atoms with Crippen molar-refractivity contribution in [1.82, 2.24) is 25.0 Å². The maximum Gasteiger partial charge on any atom is 0.337 e. The van der Waals surface area contributed by atoms with Crippen molar-refractivity contribution in [1.29, 1.82) is 0 Å². The molecule has 3 heterocycles. The molecule has 0 radical (unpaired) electrons. The number of rotatable bonds is 8. The summed E-state index contributed by atoms with van der Waals surface area (Å²) in [6.07, 6.45) is 2.56. The Morgan fingerprint density at radius 1 is 1.00 bits per heavy atom. The Kier molecular flexibility index (Phi) is 6.60. The lowest BCUT2D eigenvalue weighted by atomic mass is 10.0. The molecule has 5 aromatic rings. The van der Waals surface area contributed by atoms with Crippen LogP contribution in [0.3, 0.4) is 0 Å². The summed E-state index contributed by atoms with van der Waals surface area (Å²) in [5.41, 5.74) is 5.12. The molecule has 39 heavy (non-hydrogen) atoms. The first-order chi connectivity index (χ1) is 19.0. The topological polar surface area (TPSA) is 123 Å². The molecule has 1 aliphatic heterocycles. The molecule has 4 N–H and O–H groups in total. The number of aromatic carboxylic acids is 1. The van der Waals surface area contributed by atoms with Crippen molar-refractivity contribution in [3.8, 4) is 0 Å². The lowest BCUT2D eigenvalue weighted by molar-refractivity contribution is 0.0698. The second-order valence-electron chi connectivity index (χ2n) is 9.85. The number of carbonyl (C=O) groups is 2. The van der Waals surface area contributed by atoms with E-state index in [1.54, 1.807) is 16.8 Å². The molecule has 0 bridgehead atoms. The third kappa shape index (κ3) is 4.67. The normalized spacial score (nSPS) is 13.6. The number of aromatic nitrogens is 3. The second-order valence-corrected chi connectivity index (χ2v) is 9.85. The first kappa shape index (κ1) is 24.8. The van der Waals surface area contributed by atoms with Crippen LogP contribution in [0.1, 0.15) is 43.2 Å². The van der Waals surface area contributed by atoms with Gasteiger partial charge in [-0.15, -0.1) is 0 Å². The number of benzene rings is 3. The summed E-state index contributed by atoms with van der Waals surface area (Å²) in [5, 5.41) is 29.9. The van der Waals surface area contributed by atoms with Gasteiger partial charge in [-0.3, -0.25) is 14.4 Å². The molecule has 0 aliphatic carbocycles. The third-order valence-electron chi connectivity index (χ3n) is 7.48. The maximum atomic E-state index is 13.4. The zero-order valence-corrected chi connectivity index (χ0v) is 21.4. The number of nitrogens with zero attached hydrogens (tertiary/aromatic N) is 3. The molecule has 3 aromatic carbocycles. The highest BCUT2D eigenvalue weighted by Gasteiger charge is 2.28. The van der Waals surface area contributed by atoms with Crippen molar-refractivity contribution in [2.24, 2.45) is 0 Å². The fourth-order valence-corrected chi connectivity index (χ4v) is 5.61. The standard InChI is InChI=1S/C30H29N5O4/c36-14-13-35-26-11-12-34(17-21-16-31-27-23(21)9-4-10-24(27)30(38)39)18-25(26)28(33-35)29(37)32-15-20-7-3-6-19-5-1-2-8-22(19)20/h1-10,16,31,36H,11-15,17-18H2,(H,32,37)(H,38,39). The molecule has 9 nitrogen and oxygen atoms in total. The molecule has 0 spiro atoms. The molecule has 0 unspecified atom stereocenters. The zero-order valence-electron chi connectivity index (χ0n) is 21.4. The fourth-order valence-electron chi connectivity index (χ4n) is 5.61. The fraction of sp³-hybridized carbons (Fsp3) is 0.233. The molecule has 0 atom stereocenters. The average molecular weight is 524 g/mol. The van der Waals surface area contributed by atoms with Gasteiger partial charge in [0.25, 0.3) is 5.91 Å². The van der Waals surface area contributed by atoms with Gasteiger partial charge in [-0.05, 0) is 28.0 Å². The Balaban J connectivity index is 1.24. The summed E-state index contributed by atoms with van der Waals surface area (Å²) in [7, 11) is 0. The van der Waals surface area contributed by atoms with Crippen LogP contribution in [-0.4, -0.2) is 54.9 Å². The number of aromatic amines is 1. The van der Waals surface area contributed by atoms with E-state index in [4.69, 9.17) is 0 Å². The van der Waals surface area contributed by atoms with E-state index in [1.165, 1.54) is 0 Å². The third-order valence-corrected chi connectivity index (χ3v) is 7.48. The number of fused-ring (bicyclic) bond motifs is 3. The second kappa shape index (κ2) is 10.4. The number of amides is 1. The number of carbonyl (C=O) groups excluding carboxylic acids is 1. The van der Waals surface area contributed by atoms with E-state index in [-0.39, 0.29) is 18.1 Å². The monoisotopic (exact) mass is 523 g/mol. The van der Waals surface area contributed by atoms with E-state index in [0.717, 1.165) is 45.1 Å². The Bertz CT molecular complexity index is 1700. The highest BCUT2D eigenvalue weighted by atomic mass is 16.4. The van der Waals surface area contributed by atoms with Crippen molar-refractivity contribution in [3.63, 3.8) is 0 Å². The van der Waals surface area contributed by atoms with Crippen molar-refractivity contribution < 1.29 is 19.8 Å². The minimum Gasteiger partial charge on any atom is -0.478 e. The van der Waals surface area contributed by atoms with Gasteiger partial charge in [0.1, 0.15) is 0 Å². The van der Waals surface area contributed by atoms with Gasteiger partial charge in [0.05, 0.1) is 24.2 Å². The van der Waals surface area contributed by atoms with Crippen LogP contribution in [0.2, 0.25) is 0 Å².